The lowest BCUT2D eigenvalue weighted by atomic mass is 10.2. The number of hydrogen-bond acceptors (Lipinski definition) is 3. The molecule has 0 aliphatic carbocycles. The molecule has 1 aromatic heterocycles. The lowest BCUT2D eigenvalue weighted by Gasteiger charge is -2.17. The number of aromatic hydroxyl groups is 1. The highest BCUT2D eigenvalue weighted by atomic mass is 16.3. The van der Waals surface area contributed by atoms with Gasteiger partial charge in [0.05, 0.1) is 11.8 Å². The summed E-state index contributed by atoms with van der Waals surface area (Å²) in [5.41, 5.74) is 1.44. The molecule has 0 unspecified atom stereocenters. The highest BCUT2D eigenvalue weighted by molar-refractivity contribution is 5.94. The van der Waals surface area contributed by atoms with Crippen LogP contribution in [0.2, 0.25) is 0 Å². The van der Waals surface area contributed by atoms with Gasteiger partial charge in [0, 0.05) is 19.8 Å². The number of carbonyl (C=O) groups excluding carboxylic acids is 1. The largest absolute Gasteiger partial charge is 0.506 e. The van der Waals surface area contributed by atoms with Crippen molar-refractivity contribution in [3.05, 3.63) is 59.9 Å². The number of aromatic nitrogens is 1. The van der Waals surface area contributed by atoms with Gasteiger partial charge in [0.25, 0.3) is 5.91 Å². The maximum absolute atomic E-state index is 12.1. The number of benzene rings is 1. The lowest BCUT2D eigenvalue weighted by Crippen LogP contribution is -2.26. The fraction of sp³-hybridized carbons (Fsp3) is 0.143. The van der Waals surface area contributed by atoms with Crippen LogP contribution in [0.15, 0.2) is 48.8 Å². The minimum Gasteiger partial charge on any atom is -0.506 e. The van der Waals surface area contributed by atoms with E-state index in [1.54, 1.807) is 11.9 Å². The predicted octanol–water partition coefficient (Wildman–Crippen LogP) is 2.06. The summed E-state index contributed by atoms with van der Waals surface area (Å²) in [6.07, 6.45) is 2.75. The Bertz CT molecular complexity index is 541. The molecule has 18 heavy (non-hydrogen) atoms. The van der Waals surface area contributed by atoms with Crippen molar-refractivity contribution in [1.82, 2.24) is 9.88 Å². The summed E-state index contributed by atoms with van der Waals surface area (Å²) in [5.74, 6) is -0.170. The quantitative estimate of drug-likeness (QED) is 0.896. The van der Waals surface area contributed by atoms with Crippen LogP contribution in [0.5, 0.6) is 5.75 Å². The van der Waals surface area contributed by atoms with E-state index in [-0.39, 0.29) is 11.7 Å². The van der Waals surface area contributed by atoms with E-state index in [1.807, 2.05) is 30.3 Å². The Morgan fingerprint density at radius 1 is 1.28 bits per heavy atom. The number of pyridine rings is 1. The van der Waals surface area contributed by atoms with Crippen LogP contribution >= 0.6 is 0 Å². The van der Waals surface area contributed by atoms with Gasteiger partial charge in [-0.2, -0.15) is 0 Å². The normalized spacial score (nSPS) is 10.1. The molecule has 0 saturated carbocycles. The van der Waals surface area contributed by atoms with Gasteiger partial charge in [-0.3, -0.25) is 9.78 Å². The van der Waals surface area contributed by atoms with E-state index in [2.05, 4.69) is 4.98 Å². The summed E-state index contributed by atoms with van der Waals surface area (Å²) in [6, 6.07) is 11.1. The Balaban J connectivity index is 2.10. The summed E-state index contributed by atoms with van der Waals surface area (Å²) in [4.78, 5) is 17.5. The maximum atomic E-state index is 12.1. The van der Waals surface area contributed by atoms with Gasteiger partial charge in [0.15, 0.2) is 0 Å². The van der Waals surface area contributed by atoms with Crippen molar-refractivity contribution in [2.45, 2.75) is 6.54 Å². The minimum absolute atomic E-state index is 0.00559. The average Bonchev–Trinajstić information content (AvgIpc) is 2.39. The van der Waals surface area contributed by atoms with Gasteiger partial charge in [0.1, 0.15) is 5.75 Å². The second-order valence-electron chi connectivity index (χ2n) is 4.08. The summed E-state index contributed by atoms with van der Waals surface area (Å²) in [6.45, 7) is 0.523. The summed E-state index contributed by atoms with van der Waals surface area (Å²) >= 11 is 0. The fourth-order valence-corrected chi connectivity index (χ4v) is 1.69. The minimum atomic E-state index is -0.165. The smallest absolute Gasteiger partial charge is 0.255 e. The molecule has 0 spiro atoms. The van der Waals surface area contributed by atoms with Crippen molar-refractivity contribution in [3.63, 3.8) is 0 Å². The molecule has 0 fully saturated rings. The van der Waals surface area contributed by atoms with E-state index >= 15 is 0 Å². The molecule has 1 N–H and O–H groups in total. The SMILES string of the molecule is CN(Cc1ccccc1)C(=O)c1cncc(O)c1. The number of carbonyl (C=O) groups is 1. The molecule has 4 nitrogen and oxygen atoms in total. The van der Waals surface area contributed by atoms with Crippen LogP contribution in [0.25, 0.3) is 0 Å². The molecule has 2 rings (SSSR count). The van der Waals surface area contributed by atoms with E-state index in [9.17, 15) is 9.90 Å². The first-order valence-electron chi connectivity index (χ1n) is 5.60. The standard InChI is InChI=1S/C14H14N2O2/c1-16(10-11-5-3-2-4-6-11)14(18)12-7-13(17)9-15-8-12/h2-9,17H,10H2,1H3. The van der Waals surface area contributed by atoms with E-state index in [0.29, 0.717) is 12.1 Å². The van der Waals surface area contributed by atoms with Gasteiger partial charge >= 0.3 is 0 Å². The van der Waals surface area contributed by atoms with Crippen LogP contribution in [-0.2, 0) is 6.54 Å². The third-order valence-corrected chi connectivity index (χ3v) is 2.58. The number of hydrogen-bond donors (Lipinski definition) is 1. The third-order valence-electron chi connectivity index (χ3n) is 2.58. The van der Waals surface area contributed by atoms with Crippen LogP contribution in [-0.4, -0.2) is 27.9 Å². The van der Waals surface area contributed by atoms with Gasteiger partial charge in [-0.25, -0.2) is 0 Å². The van der Waals surface area contributed by atoms with Gasteiger partial charge < -0.3 is 10.0 Å². The Labute approximate surface area is 106 Å². The van der Waals surface area contributed by atoms with Crippen molar-refractivity contribution >= 4 is 5.91 Å². The third kappa shape index (κ3) is 2.85. The predicted molar refractivity (Wildman–Crippen MR) is 68.1 cm³/mol. The molecule has 4 heteroatoms. The maximum Gasteiger partial charge on any atom is 0.255 e. The van der Waals surface area contributed by atoms with E-state index in [1.165, 1.54) is 18.5 Å². The molecule has 0 bridgehead atoms. The average molecular weight is 242 g/mol. The van der Waals surface area contributed by atoms with Crippen LogP contribution in [0.4, 0.5) is 0 Å². The number of rotatable bonds is 3. The molecule has 0 saturated heterocycles. The highest BCUT2D eigenvalue weighted by Crippen LogP contribution is 2.12. The molecule has 1 heterocycles. The Kier molecular flexibility index (Phi) is 3.57. The van der Waals surface area contributed by atoms with Gasteiger partial charge in [-0.1, -0.05) is 30.3 Å². The molecular weight excluding hydrogens is 228 g/mol. The molecule has 1 aromatic carbocycles. The second kappa shape index (κ2) is 5.31. The monoisotopic (exact) mass is 242 g/mol. The van der Waals surface area contributed by atoms with Crippen molar-refractivity contribution in [3.8, 4) is 5.75 Å². The van der Waals surface area contributed by atoms with Gasteiger partial charge in [-0.05, 0) is 11.6 Å². The van der Waals surface area contributed by atoms with Crippen molar-refractivity contribution in [2.75, 3.05) is 7.05 Å². The first-order valence-corrected chi connectivity index (χ1v) is 5.60. The van der Waals surface area contributed by atoms with E-state index in [0.717, 1.165) is 5.56 Å². The summed E-state index contributed by atoms with van der Waals surface area (Å²) in [7, 11) is 1.72. The van der Waals surface area contributed by atoms with E-state index < -0.39 is 0 Å². The molecule has 0 atom stereocenters. The molecule has 2 aromatic rings. The highest BCUT2D eigenvalue weighted by Gasteiger charge is 2.12. The van der Waals surface area contributed by atoms with Crippen molar-refractivity contribution < 1.29 is 9.90 Å². The molecular formula is C14H14N2O2. The first kappa shape index (κ1) is 12.1. The Morgan fingerprint density at radius 2 is 2.00 bits per heavy atom. The number of amides is 1. The van der Waals surface area contributed by atoms with Gasteiger partial charge in [-0.15, -0.1) is 0 Å². The second-order valence-corrected chi connectivity index (χ2v) is 4.08. The molecule has 0 aliphatic rings. The van der Waals surface area contributed by atoms with Gasteiger partial charge in [0.2, 0.25) is 0 Å². The van der Waals surface area contributed by atoms with Crippen molar-refractivity contribution in [1.29, 1.82) is 0 Å². The Morgan fingerprint density at radius 3 is 2.67 bits per heavy atom. The molecule has 0 aliphatic heterocycles. The topological polar surface area (TPSA) is 53.4 Å². The fourth-order valence-electron chi connectivity index (χ4n) is 1.69. The zero-order valence-electron chi connectivity index (χ0n) is 10.1. The first-order chi connectivity index (χ1) is 8.66. The zero-order valence-corrected chi connectivity index (χ0v) is 10.1. The van der Waals surface area contributed by atoms with Crippen LogP contribution in [0, 0.1) is 0 Å². The summed E-state index contributed by atoms with van der Waals surface area (Å²) < 4.78 is 0. The molecule has 1 amide bonds. The zero-order chi connectivity index (χ0) is 13.0. The van der Waals surface area contributed by atoms with Crippen LogP contribution in [0.3, 0.4) is 0 Å². The molecule has 0 radical (unpaired) electrons. The Hall–Kier alpha value is -2.36. The lowest BCUT2D eigenvalue weighted by molar-refractivity contribution is 0.0784. The number of nitrogens with zero attached hydrogens (tertiary/aromatic N) is 2. The summed E-state index contributed by atoms with van der Waals surface area (Å²) in [5, 5.41) is 9.30. The van der Waals surface area contributed by atoms with Crippen LogP contribution < -0.4 is 0 Å². The molecule has 92 valence electrons. The van der Waals surface area contributed by atoms with Crippen molar-refractivity contribution in [2.24, 2.45) is 0 Å². The van der Waals surface area contributed by atoms with Crippen LogP contribution in [0.1, 0.15) is 15.9 Å². The van der Waals surface area contributed by atoms with E-state index in [4.69, 9.17) is 0 Å².